The molecule has 24 heavy (non-hydrogen) atoms. The minimum absolute atomic E-state index is 0.00915. The van der Waals surface area contributed by atoms with Gasteiger partial charge in [-0.25, -0.2) is 0 Å². The number of aryl methyl sites for hydroxylation is 1. The zero-order chi connectivity index (χ0) is 17.1. The fraction of sp³-hybridized carbons (Fsp3) is 0.500. The Morgan fingerprint density at radius 1 is 1.33 bits per heavy atom. The Balaban J connectivity index is 1.72. The van der Waals surface area contributed by atoms with Gasteiger partial charge in [0.25, 0.3) is 5.91 Å². The molecule has 1 aromatic rings. The standard InChI is InChI=1S/C18H22N2O4/c1-2-24-18(23)14-4-3-9-20(11-14)17(22)13-5-7-15-12(10-13)6-8-16(21)19-15/h5,7,10,14H,2-4,6,8-9,11H2,1H3,(H,19,21). The molecule has 128 valence electrons. The molecule has 1 saturated heterocycles. The predicted molar refractivity (Wildman–Crippen MR) is 88.7 cm³/mol. The average Bonchev–Trinajstić information content (AvgIpc) is 2.61. The van der Waals surface area contributed by atoms with Gasteiger partial charge in [0, 0.05) is 30.8 Å². The quantitative estimate of drug-likeness (QED) is 0.860. The molecule has 3 rings (SSSR count). The third kappa shape index (κ3) is 3.42. The van der Waals surface area contributed by atoms with Crippen molar-refractivity contribution in [2.24, 2.45) is 5.92 Å². The first-order valence-electron chi connectivity index (χ1n) is 8.47. The van der Waals surface area contributed by atoms with Crippen LogP contribution < -0.4 is 5.32 Å². The molecule has 2 heterocycles. The molecule has 1 atom stereocenters. The number of nitrogens with one attached hydrogen (secondary N) is 1. The number of esters is 1. The van der Waals surface area contributed by atoms with E-state index in [1.165, 1.54) is 0 Å². The number of nitrogens with zero attached hydrogens (tertiary/aromatic N) is 1. The zero-order valence-electron chi connectivity index (χ0n) is 13.8. The molecule has 2 aliphatic rings. The third-order valence-electron chi connectivity index (χ3n) is 4.58. The van der Waals surface area contributed by atoms with Crippen LogP contribution in [0.25, 0.3) is 0 Å². The maximum absolute atomic E-state index is 12.8. The number of carbonyl (C=O) groups is 3. The molecule has 0 spiro atoms. The molecule has 0 bridgehead atoms. The number of likely N-dealkylation sites (tertiary alicyclic amines) is 1. The van der Waals surface area contributed by atoms with E-state index in [9.17, 15) is 14.4 Å². The molecule has 0 aliphatic carbocycles. The number of anilines is 1. The maximum atomic E-state index is 12.8. The van der Waals surface area contributed by atoms with Crippen LogP contribution in [0.4, 0.5) is 5.69 Å². The fourth-order valence-corrected chi connectivity index (χ4v) is 3.31. The summed E-state index contributed by atoms with van der Waals surface area (Å²) in [5, 5.41) is 2.82. The molecule has 0 aromatic heterocycles. The third-order valence-corrected chi connectivity index (χ3v) is 4.58. The minimum Gasteiger partial charge on any atom is -0.466 e. The molecule has 1 unspecified atom stereocenters. The molecule has 6 nitrogen and oxygen atoms in total. The number of carbonyl (C=O) groups excluding carboxylic acids is 3. The van der Waals surface area contributed by atoms with Crippen LogP contribution in [0.1, 0.15) is 42.1 Å². The normalized spacial score (nSPS) is 20.1. The fourth-order valence-electron chi connectivity index (χ4n) is 3.31. The Hall–Kier alpha value is -2.37. The summed E-state index contributed by atoms with van der Waals surface area (Å²) in [6.07, 6.45) is 2.65. The van der Waals surface area contributed by atoms with Crippen molar-refractivity contribution < 1.29 is 19.1 Å². The molecular weight excluding hydrogens is 308 g/mol. The van der Waals surface area contributed by atoms with E-state index in [0.29, 0.717) is 38.1 Å². The number of amides is 2. The van der Waals surface area contributed by atoms with E-state index in [1.54, 1.807) is 24.0 Å². The molecule has 1 aromatic carbocycles. The van der Waals surface area contributed by atoms with Crippen molar-refractivity contribution in [1.29, 1.82) is 0 Å². The molecule has 1 fully saturated rings. The van der Waals surface area contributed by atoms with Crippen molar-refractivity contribution >= 4 is 23.5 Å². The van der Waals surface area contributed by atoms with Crippen LogP contribution >= 0.6 is 0 Å². The Bertz CT molecular complexity index is 671. The van der Waals surface area contributed by atoms with Crippen molar-refractivity contribution in [2.75, 3.05) is 25.0 Å². The molecule has 2 aliphatic heterocycles. The summed E-state index contributed by atoms with van der Waals surface area (Å²) >= 11 is 0. The lowest BCUT2D eigenvalue weighted by Gasteiger charge is -2.31. The van der Waals surface area contributed by atoms with Gasteiger partial charge in [-0.3, -0.25) is 14.4 Å². The maximum Gasteiger partial charge on any atom is 0.310 e. The second kappa shape index (κ2) is 7.03. The summed E-state index contributed by atoms with van der Waals surface area (Å²) in [4.78, 5) is 37.8. The number of rotatable bonds is 3. The van der Waals surface area contributed by atoms with Gasteiger partial charge in [-0.15, -0.1) is 0 Å². The van der Waals surface area contributed by atoms with Crippen LogP contribution in [0.15, 0.2) is 18.2 Å². The first kappa shape index (κ1) is 16.5. The number of hydrogen-bond donors (Lipinski definition) is 1. The molecular formula is C18H22N2O4. The first-order chi connectivity index (χ1) is 11.6. The minimum atomic E-state index is -0.237. The summed E-state index contributed by atoms with van der Waals surface area (Å²) in [5.74, 6) is -0.513. The van der Waals surface area contributed by atoms with Gasteiger partial charge >= 0.3 is 5.97 Å². The Morgan fingerprint density at radius 3 is 2.96 bits per heavy atom. The number of fused-ring (bicyclic) bond motifs is 1. The first-order valence-corrected chi connectivity index (χ1v) is 8.47. The van der Waals surface area contributed by atoms with Crippen LogP contribution in [0.5, 0.6) is 0 Å². The van der Waals surface area contributed by atoms with Gasteiger partial charge < -0.3 is 15.0 Å². The second-order valence-electron chi connectivity index (χ2n) is 6.26. The summed E-state index contributed by atoms with van der Waals surface area (Å²) in [5.41, 5.74) is 2.37. The van der Waals surface area contributed by atoms with Gasteiger partial charge in [0.15, 0.2) is 0 Å². The van der Waals surface area contributed by atoms with Gasteiger partial charge in [-0.1, -0.05) is 0 Å². The molecule has 0 saturated carbocycles. The van der Waals surface area contributed by atoms with E-state index in [0.717, 1.165) is 24.1 Å². The Labute approximate surface area is 141 Å². The van der Waals surface area contributed by atoms with E-state index in [-0.39, 0.29) is 23.7 Å². The molecule has 1 N–H and O–H groups in total. The highest BCUT2D eigenvalue weighted by molar-refractivity contribution is 5.98. The van der Waals surface area contributed by atoms with E-state index in [4.69, 9.17) is 4.74 Å². The summed E-state index contributed by atoms with van der Waals surface area (Å²) < 4.78 is 5.08. The van der Waals surface area contributed by atoms with Crippen molar-refractivity contribution in [1.82, 2.24) is 4.90 Å². The van der Waals surface area contributed by atoms with Gasteiger partial charge in [0.1, 0.15) is 0 Å². The van der Waals surface area contributed by atoms with Crippen LogP contribution in [-0.4, -0.2) is 42.4 Å². The number of piperidine rings is 1. The highest BCUT2D eigenvalue weighted by Gasteiger charge is 2.30. The van der Waals surface area contributed by atoms with Crippen LogP contribution in [-0.2, 0) is 20.7 Å². The van der Waals surface area contributed by atoms with Crippen LogP contribution in [0.2, 0.25) is 0 Å². The number of benzene rings is 1. The lowest BCUT2D eigenvalue weighted by molar-refractivity contribution is -0.149. The zero-order valence-corrected chi connectivity index (χ0v) is 13.8. The number of hydrogen-bond acceptors (Lipinski definition) is 4. The predicted octanol–water partition coefficient (Wildman–Crippen LogP) is 1.99. The van der Waals surface area contributed by atoms with Crippen molar-refractivity contribution in [3.63, 3.8) is 0 Å². The van der Waals surface area contributed by atoms with E-state index >= 15 is 0 Å². The smallest absolute Gasteiger partial charge is 0.310 e. The lowest BCUT2D eigenvalue weighted by Crippen LogP contribution is -2.42. The van der Waals surface area contributed by atoms with Crippen molar-refractivity contribution in [3.8, 4) is 0 Å². The Morgan fingerprint density at radius 2 is 2.17 bits per heavy atom. The monoisotopic (exact) mass is 330 g/mol. The van der Waals surface area contributed by atoms with Crippen LogP contribution in [0, 0.1) is 5.92 Å². The van der Waals surface area contributed by atoms with E-state index in [1.807, 2.05) is 6.07 Å². The molecule has 0 radical (unpaired) electrons. The van der Waals surface area contributed by atoms with Gasteiger partial charge in [-0.05, 0) is 49.9 Å². The lowest BCUT2D eigenvalue weighted by atomic mass is 9.96. The average molecular weight is 330 g/mol. The van der Waals surface area contributed by atoms with E-state index in [2.05, 4.69) is 5.32 Å². The second-order valence-corrected chi connectivity index (χ2v) is 6.26. The summed E-state index contributed by atoms with van der Waals surface area (Å²) in [6.45, 7) is 3.21. The van der Waals surface area contributed by atoms with Gasteiger partial charge in [0.05, 0.1) is 12.5 Å². The Kier molecular flexibility index (Phi) is 4.83. The van der Waals surface area contributed by atoms with Gasteiger partial charge in [-0.2, -0.15) is 0 Å². The topological polar surface area (TPSA) is 75.7 Å². The van der Waals surface area contributed by atoms with Gasteiger partial charge in [0.2, 0.25) is 5.91 Å². The largest absolute Gasteiger partial charge is 0.466 e. The van der Waals surface area contributed by atoms with E-state index < -0.39 is 0 Å². The van der Waals surface area contributed by atoms with Crippen molar-refractivity contribution in [3.05, 3.63) is 29.3 Å². The number of ether oxygens (including phenoxy) is 1. The summed E-state index contributed by atoms with van der Waals surface area (Å²) in [6, 6.07) is 5.37. The highest BCUT2D eigenvalue weighted by Crippen LogP contribution is 2.25. The SMILES string of the molecule is CCOC(=O)C1CCCN(C(=O)c2ccc3c(c2)CCC(=O)N3)C1. The highest BCUT2D eigenvalue weighted by atomic mass is 16.5. The molecule has 2 amide bonds. The summed E-state index contributed by atoms with van der Waals surface area (Å²) in [7, 11) is 0. The van der Waals surface area contributed by atoms with Crippen molar-refractivity contribution in [2.45, 2.75) is 32.6 Å². The molecule has 6 heteroatoms. The van der Waals surface area contributed by atoms with Crippen LogP contribution in [0.3, 0.4) is 0 Å².